The maximum Gasteiger partial charge on any atom is 0.303 e. The third-order valence-corrected chi connectivity index (χ3v) is 5.01. The Labute approximate surface area is 205 Å². The second-order valence-electron chi connectivity index (χ2n) is 8.53. The van der Waals surface area contributed by atoms with E-state index in [1.165, 1.54) is 13.0 Å². The van der Waals surface area contributed by atoms with Crippen molar-refractivity contribution in [1.29, 1.82) is 0 Å². The topological polar surface area (TPSA) is 144 Å². The Bertz CT molecular complexity index is 801. The van der Waals surface area contributed by atoms with E-state index in [2.05, 4.69) is 6.58 Å². The summed E-state index contributed by atoms with van der Waals surface area (Å²) in [5.41, 5.74) is -0.213. The van der Waals surface area contributed by atoms with Crippen LogP contribution in [0.5, 0.6) is 0 Å². The summed E-state index contributed by atoms with van der Waals surface area (Å²) in [5, 5.41) is 10.0. The Balaban J connectivity index is 3.16. The van der Waals surface area contributed by atoms with Crippen molar-refractivity contribution < 1.29 is 52.7 Å². The summed E-state index contributed by atoms with van der Waals surface area (Å²) in [6.45, 7) is 11.4. The van der Waals surface area contributed by atoms with Gasteiger partial charge < -0.3 is 33.5 Å². The lowest BCUT2D eigenvalue weighted by Crippen LogP contribution is -2.63. The highest BCUT2D eigenvalue weighted by Crippen LogP contribution is 2.30. The van der Waals surface area contributed by atoms with Crippen molar-refractivity contribution in [2.24, 2.45) is 0 Å². The molecule has 1 fully saturated rings. The standard InChI is InChI=1S/C24H36O11/c1-8-24(7,29)11-9-10-14(2)12-31-23-22(34-18(6)28)21(33-17(5)27)20(32-16(4)26)19(35-23)13-30-15(3)25/h8,10,19-23,29H,1,9,11-13H2,2-7H3. The molecule has 198 valence electrons. The Kier molecular flexibility index (Phi) is 12.1. The molecule has 6 unspecified atom stereocenters. The predicted octanol–water partition coefficient (Wildman–Crippen LogP) is 1.75. The van der Waals surface area contributed by atoms with Gasteiger partial charge in [0.2, 0.25) is 0 Å². The van der Waals surface area contributed by atoms with Gasteiger partial charge in [0, 0.05) is 27.7 Å². The van der Waals surface area contributed by atoms with Crippen molar-refractivity contribution >= 4 is 23.9 Å². The van der Waals surface area contributed by atoms with Gasteiger partial charge in [0.05, 0.1) is 12.2 Å². The average Bonchev–Trinajstić information content (AvgIpc) is 2.73. The molecule has 0 amide bonds. The van der Waals surface area contributed by atoms with E-state index < -0.39 is 60.2 Å². The lowest BCUT2D eigenvalue weighted by atomic mass is 9.98. The Morgan fingerprint density at radius 2 is 1.46 bits per heavy atom. The minimum Gasteiger partial charge on any atom is -0.463 e. The van der Waals surface area contributed by atoms with Crippen LogP contribution in [-0.2, 0) is 47.6 Å². The van der Waals surface area contributed by atoms with Gasteiger partial charge in [-0.15, -0.1) is 6.58 Å². The van der Waals surface area contributed by atoms with Crippen LogP contribution in [-0.4, -0.2) is 78.5 Å². The molecule has 1 aliphatic rings. The van der Waals surface area contributed by atoms with E-state index in [1.54, 1.807) is 13.8 Å². The fourth-order valence-corrected chi connectivity index (χ4v) is 3.31. The monoisotopic (exact) mass is 500 g/mol. The zero-order chi connectivity index (χ0) is 26.8. The molecule has 0 aromatic carbocycles. The van der Waals surface area contributed by atoms with E-state index in [0.717, 1.165) is 26.3 Å². The number of aliphatic hydroxyl groups is 1. The molecule has 0 aromatic rings. The minimum absolute atomic E-state index is 0.0456. The zero-order valence-corrected chi connectivity index (χ0v) is 21.1. The van der Waals surface area contributed by atoms with Crippen LogP contribution in [0, 0.1) is 0 Å². The van der Waals surface area contributed by atoms with Crippen LogP contribution in [0.4, 0.5) is 0 Å². The maximum atomic E-state index is 11.8. The van der Waals surface area contributed by atoms with Crippen LogP contribution in [0.1, 0.15) is 54.4 Å². The van der Waals surface area contributed by atoms with Crippen molar-refractivity contribution in [1.82, 2.24) is 0 Å². The normalized spacial score (nSPS) is 26.1. The summed E-state index contributed by atoms with van der Waals surface area (Å²) in [5.74, 6) is -2.74. The first-order chi connectivity index (χ1) is 16.3. The second kappa shape index (κ2) is 14.0. The third kappa shape index (κ3) is 11.0. The van der Waals surface area contributed by atoms with E-state index in [1.807, 2.05) is 6.08 Å². The number of hydrogen-bond acceptors (Lipinski definition) is 11. The molecule has 1 rings (SSSR count). The summed E-state index contributed by atoms with van der Waals surface area (Å²) in [6.07, 6.45) is -1.79. The molecule has 11 heteroatoms. The average molecular weight is 501 g/mol. The summed E-state index contributed by atoms with van der Waals surface area (Å²) in [7, 11) is 0. The van der Waals surface area contributed by atoms with Gasteiger partial charge in [0.15, 0.2) is 24.6 Å². The number of carbonyl (C=O) groups excluding carboxylic acids is 4. The van der Waals surface area contributed by atoms with Gasteiger partial charge in [-0.2, -0.15) is 0 Å². The van der Waals surface area contributed by atoms with Crippen molar-refractivity contribution in [3.63, 3.8) is 0 Å². The summed E-state index contributed by atoms with van der Waals surface area (Å²) >= 11 is 0. The Morgan fingerprint density at radius 1 is 0.914 bits per heavy atom. The van der Waals surface area contributed by atoms with Crippen LogP contribution in [0.3, 0.4) is 0 Å². The number of esters is 4. The molecule has 0 bridgehead atoms. The first-order valence-electron chi connectivity index (χ1n) is 11.2. The minimum atomic E-state index is -1.29. The first-order valence-corrected chi connectivity index (χ1v) is 11.2. The van der Waals surface area contributed by atoms with Gasteiger partial charge in [-0.1, -0.05) is 17.7 Å². The summed E-state index contributed by atoms with van der Waals surface area (Å²) in [6, 6.07) is 0. The molecule has 0 spiro atoms. The first kappa shape index (κ1) is 30.3. The molecule has 6 atom stereocenters. The third-order valence-electron chi connectivity index (χ3n) is 5.01. The SMILES string of the molecule is C=CC(C)(O)CCC=C(C)COC1OC(COC(C)=O)C(OC(C)=O)C(OC(C)=O)C1OC(C)=O. The number of allylic oxidation sites excluding steroid dienone is 1. The maximum absolute atomic E-state index is 11.8. The highest BCUT2D eigenvalue weighted by Gasteiger charge is 2.52. The Hall–Kier alpha value is -2.76. The molecule has 1 saturated heterocycles. The molecule has 1 aliphatic heterocycles. The largest absolute Gasteiger partial charge is 0.463 e. The van der Waals surface area contributed by atoms with Gasteiger partial charge in [0.1, 0.15) is 12.7 Å². The van der Waals surface area contributed by atoms with Gasteiger partial charge in [-0.05, 0) is 26.7 Å². The predicted molar refractivity (Wildman–Crippen MR) is 122 cm³/mol. The van der Waals surface area contributed by atoms with Crippen molar-refractivity contribution in [3.05, 3.63) is 24.3 Å². The molecular formula is C24H36O11. The van der Waals surface area contributed by atoms with Crippen LogP contribution in [0.2, 0.25) is 0 Å². The fraction of sp³-hybridized carbons (Fsp3) is 0.667. The number of ether oxygens (including phenoxy) is 6. The summed E-state index contributed by atoms with van der Waals surface area (Å²) in [4.78, 5) is 46.8. The molecule has 11 nitrogen and oxygen atoms in total. The Morgan fingerprint density at radius 3 is 1.97 bits per heavy atom. The van der Waals surface area contributed by atoms with Gasteiger partial charge in [-0.3, -0.25) is 19.2 Å². The van der Waals surface area contributed by atoms with Crippen molar-refractivity contribution in [2.75, 3.05) is 13.2 Å². The number of hydrogen-bond donors (Lipinski definition) is 1. The highest BCUT2D eigenvalue weighted by atomic mass is 16.7. The van der Waals surface area contributed by atoms with Crippen molar-refractivity contribution in [2.45, 2.75) is 90.7 Å². The quantitative estimate of drug-likeness (QED) is 0.238. The molecule has 1 heterocycles. The highest BCUT2D eigenvalue weighted by molar-refractivity contribution is 5.68. The molecule has 35 heavy (non-hydrogen) atoms. The summed E-state index contributed by atoms with van der Waals surface area (Å²) < 4.78 is 32.8. The van der Waals surface area contributed by atoms with Crippen LogP contribution in [0.15, 0.2) is 24.3 Å². The lowest BCUT2D eigenvalue weighted by molar-refractivity contribution is -0.306. The molecular weight excluding hydrogens is 464 g/mol. The zero-order valence-electron chi connectivity index (χ0n) is 21.1. The van der Waals surface area contributed by atoms with Gasteiger partial charge in [0.25, 0.3) is 0 Å². The van der Waals surface area contributed by atoms with Crippen LogP contribution < -0.4 is 0 Å². The molecule has 0 aromatic heterocycles. The molecule has 0 saturated carbocycles. The number of rotatable bonds is 12. The lowest BCUT2D eigenvalue weighted by Gasteiger charge is -2.44. The smallest absolute Gasteiger partial charge is 0.303 e. The fourth-order valence-electron chi connectivity index (χ4n) is 3.31. The van der Waals surface area contributed by atoms with E-state index in [0.29, 0.717) is 12.8 Å². The van der Waals surface area contributed by atoms with Gasteiger partial charge >= 0.3 is 23.9 Å². The number of carbonyl (C=O) groups is 4. The van der Waals surface area contributed by atoms with E-state index in [-0.39, 0.29) is 13.2 Å². The molecule has 0 aliphatic carbocycles. The molecule has 1 N–H and O–H groups in total. The van der Waals surface area contributed by atoms with Crippen LogP contribution >= 0.6 is 0 Å². The van der Waals surface area contributed by atoms with Gasteiger partial charge in [-0.25, -0.2) is 0 Å². The van der Waals surface area contributed by atoms with E-state index in [9.17, 15) is 24.3 Å². The van der Waals surface area contributed by atoms with Crippen LogP contribution in [0.25, 0.3) is 0 Å². The van der Waals surface area contributed by atoms with E-state index >= 15 is 0 Å². The second-order valence-corrected chi connectivity index (χ2v) is 8.53. The van der Waals surface area contributed by atoms with E-state index in [4.69, 9.17) is 28.4 Å². The molecule has 0 radical (unpaired) electrons. The van der Waals surface area contributed by atoms with Crippen molar-refractivity contribution in [3.8, 4) is 0 Å².